The number of hydrogen-bond donors (Lipinski definition) is 3. The molecule has 41 heavy (non-hydrogen) atoms. The first-order chi connectivity index (χ1) is 20.1. The van der Waals surface area contributed by atoms with Crippen molar-refractivity contribution in [3.05, 3.63) is 48.6 Å². The van der Waals surface area contributed by atoms with E-state index in [1.165, 1.54) is 76.4 Å². The second-order valence-electron chi connectivity index (χ2n) is 12.8. The van der Waals surface area contributed by atoms with Crippen LogP contribution in [0.15, 0.2) is 37.2 Å². The van der Waals surface area contributed by atoms with Gasteiger partial charge in [-0.15, -0.1) is 0 Å². The number of nitrogens with zero attached hydrogens (tertiary/aromatic N) is 3. The maximum Gasteiger partial charge on any atom is 0.332 e. The molecule has 9 nitrogen and oxygen atoms in total. The number of imidazole rings is 2. The van der Waals surface area contributed by atoms with Crippen LogP contribution >= 0.6 is 0 Å². The summed E-state index contributed by atoms with van der Waals surface area (Å²) < 4.78 is 6.04. The summed E-state index contributed by atoms with van der Waals surface area (Å²) in [5.74, 6) is 1.12. The molecule has 6 rings (SSSR count). The summed E-state index contributed by atoms with van der Waals surface area (Å²) in [6.07, 6.45) is 26.6. The van der Waals surface area contributed by atoms with Crippen LogP contribution in [0, 0.1) is 11.8 Å². The lowest BCUT2D eigenvalue weighted by Gasteiger charge is -2.27. The number of ether oxygens (including phenoxy) is 1. The molecule has 9 heteroatoms. The van der Waals surface area contributed by atoms with Gasteiger partial charge in [0.25, 0.3) is 0 Å². The monoisotopic (exact) mass is 562 g/mol. The molecule has 2 heterocycles. The maximum absolute atomic E-state index is 13.5. The molecule has 0 aliphatic heterocycles. The highest BCUT2D eigenvalue weighted by Gasteiger charge is 2.59. The third-order valence-electron chi connectivity index (χ3n) is 9.98. The number of aromatic amines is 2. The quantitative estimate of drug-likeness (QED) is 0.173. The SMILES string of the molecule is O=C(/C=C\C(=O)N(CCC1CCCCC1)C1CC1c1c[nH]cn1)OC1(NCCC2CCCCC2)CC1c1c[nH]cn1. The fourth-order valence-corrected chi connectivity index (χ4v) is 7.36. The number of nitrogens with one attached hydrogen (secondary N) is 3. The largest absolute Gasteiger partial charge is 0.440 e. The van der Waals surface area contributed by atoms with Gasteiger partial charge in [0, 0.05) is 49.5 Å². The topological polar surface area (TPSA) is 116 Å². The lowest BCUT2D eigenvalue weighted by Crippen LogP contribution is -2.39. The van der Waals surface area contributed by atoms with Gasteiger partial charge in [-0.2, -0.15) is 0 Å². The predicted octanol–water partition coefficient (Wildman–Crippen LogP) is 5.33. The first kappa shape index (κ1) is 28.2. The number of hydrogen-bond acceptors (Lipinski definition) is 6. The van der Waals surface area contributed by atoms with E-state index < -0.39 is 11.7 Å². The summed E-state index contributed by atoms with van der Waals surface area (Å²) in [6.45, 7) is 1.54. The zero-order chi connectivity index (χ0) is 28.1. The van der Waals surface area contributed by atoms with Crippen LogP contribution < -0.4 is 5.32 Å². The van der Waals surface area contributed by atoms with Crippen LogP contribution in [-0.4, -0.2) is 61.6 Å². The van der Waals surface area contributed by atoms with Crippen molar-refractivity contribution in [2.75, 3.05) is 13.1 Å². The summed E-state index contributed by atoms with van der Waals surface area (Å²) in [6, 6.07) is 0.135. The molecule has 4 atom stereocenters. The highest BCUT2D eigenvalue weighted by atomic mass is 16.6. The molecule has 0 saturated heterocycles. The number of carbonyl (C=O) groups excluding carboxylic acids is 2. The summed E-state index contributed by atoms with van der Waals surface area (Å²) in [5.41, 5.74) is 1.15. The number of aromatic nitrogens is 4. The molecule has 0 spiro atoms. The van der Waals surface area contributed by atoms with Crippen molar-refractivity contribution >= 4 is 11.9 Å². The van der Waals surface area contributed by atoms with E-state index in [4.69, 9.17) is 4.74 Å². The molecule has 4 fully saturated rings. The van der Waals surface area contributed by atoms with E-state index in [9.17, 15) is 9.59 Å². The zero-order valence-electron chi connectivity index (χ0n) is 24.2. The van der Waals surface area contributed by atoms with Crippen LogP contribution in [0.3, 0.4) is 0 Å². The Kier molecular flexibility index (Phi) is 8.89. The van der Waals surface area contributed by atoms with Crippen molar-refractivity contribution in [1.82, 2.24) is 30.2 Å². The average Bonchev–Trinajstić information content (AvgIpc) is 3.72. The van der Waals surface area contributed by atoms with Gasteiger partial charge in [-0.3, -0.25) is 10.1 Å². The second-order valence-corrected chi connectivity index (χ2v) is 12.8. The van der Waals surface area contributed by atoms with Gasteiger partial charge in [0.15, 0.2) is 5.72 Å². The molecular weight excluding hydrogens is 516 g/mol. The Hall–Kier alpha value is -2.94. The van der Waals surface area contributed by atoms with E-state index in [0.29, 0.717) is 12.3 Å². The molecule has 3 N–H and O–H groups in total. The molecule has 0 aromatic carbocycles. The fraction of sp³-hybridized carbons (Fsp3) is 0.688. The van der Waals surface area contributed by atoms with Crippen LogP contribution in [0.25, 0.3) is 0 Å². The molecule has 2 aromatic rings. The fourth-order valence-electron chi connectivity index (χ4n) is 7.36. The van der Waals surface area contributed by atoms with Crippen LogP contribution in [0.4, 0.5) is 0 Å². The van der Waals surface area contributed by atoms with Crippen molar-refractivity contribution in [2.24, 2.45) is 11.8 Å². The van der Waals surface area contributed by atoms with E-state index in [1.807, 2.05) is 17.3 Å². The second kappa shape index (κ2) is 12.9. The van der Waals surface area contributed by atoms with Gasteiger partial charge in [0.2, 0.25) is 5.91 Å². The number of esters is 1. The lowest BCUT2D eigenvalue weighted by atomic mass is 9.87. The van der Waals surface area contributed by atoms with E-state index in [-0.39, 0.29) is 23.8 Å². The van der Waals surface area contributed by atoms with Gasteiger partial charge in [0.05, 0.1) is 30.0 Å². The van der Waals surface area contributed by atoms with Crippen molar-refractivity contribution in [3.63, 3.8) is 0 Å². The van der Waals surface area contributed by atoms with Gasteiger partial charge >= 0.3 is 5.97 Å². The number of amides is 1. The minimum Gasteiger partial charge on any atom is -0.440 e. The average molecular weight is 563 g/mol. The third-order valence-corrected chi connectivity index (χ3v) is 9.98. The first-order valence-electron chi connectivity index (χ1n) is 16.1. The Morgan fingerprint density at radius 2 is 1.59 bits per heavy atom. The molecule has 4 saturated carbocycles. The highest BCUT2D eigenvalue weighted by Crippen LogP contribution is 2.52. The predicted molar refractivity (Wildman–Crippen MR) is 156 cm³/mol. The molecule has 1 amide bonds. The van der Waals surface area contributed by atoms with Gasteiger partial charge in [-0.25, -0.2) is 14.8 Å². The van der Waals surface area contributed by atoms with Crippen molar-refractivity contribution in [2.45, 2.75) is 113 Å². The van der Waals surface area contributed by atoms with E-state index >= 15 is 0 Å². The molecular formula is C32H46N6O3. The Bertz CT molecular complexity index is 1150. The van der Waals surface area contributed by atoms with Gasteiger partial charge in [-0.1, -0.05) is 64.2 Å². The molecule has 4 aliphatic rings. The summed E-state index contributed by atoms with van der Waals surface area (Å²) in [4.78, 5) is 43.4. The van der Waals surface area contributed by atoms with Crippen LogP contribution in [0.2, 0.25) is 0 Å². The van der Waals surface area contributed by atoms with Crippen LogP contribution in [-0.2, 0) is 14.3 Å². The normalized spacial score (nSPS) is 28.5. The standard InChI is InChI=1S/C32H46N6O3/c39-30(38(16-14-24-9-5-2-6-10-24)29-17-25(29)27-19-33-21-35-27)11-12-31(40)41-32(18-26(32)28-20-34-22-36-28)37-15-13-23-7-3-1-4-8-23/h11-12,19-26,29,37H,1-10,13-18H2,(H,33,35)(H,34,36)/b12-11-. The van der Waals surface area contributed by atoms with Crippen molar-refractivity contribution < 1.29 is 14.3 Å². The maximum atomic E-state index is 13.5. The van der Waals surface area contributed by atoms with Crippen LogP contribution in [0.5, 0.6) is 0 Å². The minimum atomic E-state index is -0.753. The Labute approximate surface area is 243 Å². The molecule has 0 radical (unpaired) electrons. The smallest absolute Gasteiger partial charge is 0.332 e. The lowest BCUT2D eigenvalue weighted by molar-refractivity contribution is -0.147. The van der Waals surface area contributed by atoms with Gasteiger partial charge in [0.1, 0.15) is 0 Å². The van der Waals surface area contributed by atoms with Gasteiger partial charge in [-0.05, 0) is 37.6 Å². The first-order valence-corrected chi connectivity index (χ1v) is 16.1. The van der Waals surface area contributed by atoms with Gasteiger partial charge < -0.3 is 19.6 Å². The van der Waals surface area contributed by atoms with E-state index in [0.717, 1.165) is 49.7 Å². The summed E-state index contributed by atoms with van der Waals surface area (Å²) in [7, 11) is 0. The van der Waals surface area contributed by atoms with E-state index in [1.54, 1.807) is 12.7 Å². The zero-order valence-corrected chi connectivity index (χ0v) is 24.2. The molecule has 4 unspecified atom stereocenters. The Morgan fingerprint density at radius 3 is 2.24 bits per heavy atom. The number of carbonyl (C=O) groups is 2. The molecule has 2 aromatic heterocycles. The number of rotatable bonds is 13. The Morgan fingerprint density at radius 1 is 0.927 bits per heavy atom. The van der Waals surface area contributed by atoms with Crippen molar-refractivity contribution in [3.8, 4) is 0 Å². The third kappa shape index (κ3) is 7.11. The van der Waals surface area contributed by atoms with Crippen molar-refractivity contribution in [1.29, 1.82) is 0 Å². The molecule has 0 bridgehead atoms. The van der Waals surface area contributed by atoms with E-state index in [2.05, 4.69) is 25.3 Å². The number of H-pyrrole nitrogens is 2. The summed E-state index contributed by atoms with van der Waals surface area (Å²) in [5, 5.41) is 3.57. The molecule has 222 valence electrons. The Balaban J connectivity index is 1.07. The minimum absolute atomic E-state index is 0.0150. The highest BCUT2D eigenvalue weighted by molar-refractivity contribution is 5.95. The molecule has 4 aliphatic carbocycles. The van der Waals surface area contributed by atoms with Crippen LogP contribution in [0.1, 0.15) is 113 Å². The summed E-state index contributed by atoms with van der Waals surface area (Å²) >= 11 is 0.